The van der Waals surface area contributed by atoms with Gasteiger partial charge in [-0.15, -0.1) is 0 Å². The zero-order valence-electron chi connectivity index (χ0n) is 11.0. The van der Waals surface area contributed by atoms with Gasteiger partial charge in [-0.2, -0.15) is 0 Å². The summed E-state index contributed by atoms with van der Waals surface area (Å²) in [4.78, 5) is 18.1. The van der Waals surface area contributed by atoms with E-state index in [1.807, 2.05) is 25.1 Å². The molecule has 0 fully saturated rings. The van der Waals surface area contributed by atoms with Crippen molar-refractivity contribution in [3.05, 3.63) is 52.6 Å². The number of anilines is 1. The maximum Gasteiger partial charge on any atom is 0.295 e. The van der Waals surface area contributed by atoms with E-state index in [1.165, 1.54) is 19.0 Å². The second-order valence-corrected chi connectivity index (χ2v) is 4.35. The lowest BCUT2D eigenvalue weighted by molar-refractivity contribution is 0.407. The highest BCUT2D eigenvalue weighted by molar-refractivity contribution is 5.48. The Morgan fingerprint density at radius 3 is 2.79 bits per heavy atom. The largest absolute Gasteiger partial charge is 0.489 e. The van der Waals surface area contributed by atoms with Crippen molar-refractivity contribution in [2.45, 2.75) is 19.4 Å². The molecule has 19 heavy (non-hydrogen) atoms. The van der Waals surface area contributed by atoms with Gasteiger partial charge < -0.3 is 15.0 Å². The van der Waals surface area contributed by atoms with Crippen LogP contribution in [-0.4, -0.2) is 23.1 Å². The van der Waals surface area contributed by atoms with Gasteiger partial charge in [-0.25, -0.2) is 4.98 Å². The minimum absolute atomic E-state index is 0.144. The molecular formula is C14H17N3O2. The van der Waals surface area contributed by atoms with Crippen molar-refractivity contribution < 1.29 is 4.74 Å². The minimum atomic E-state index is -0.285. The summed E-state index contributed by atoms with van der Waals surface area (Å²) in [5.41, 5.74) is 0.943. The molecular weight excluding hydrogens is 242 g/mol. The molecule has 1 aromatic carbocycles. The van der Waals surface area contributed by atoms with Crippen molar-refractivity contribution in [1.82, 2.24) is 9.97 Å². The maximum absolute atomic E-state index is 11.6. The molecule has 2 rings (SSSR count). The number of methoxy groups -OCH3 is 1. The number of aromatic nitrogens is 2. The van der Waals surface area contributed by atoms with E-state index in [4.69, 9.17) is 4.74 Å². The Kier molecular flexibility index (Phi) is 4.18. The topological polar surface area (TPSA) is 67.0 Å². The highest BCUT2D eigenvalue weighted by Crippen LogP contribution is 2.16. The Bertz CT molecular complexity index is 581. The third kappa shape index (κ3) is 3.34. The Hall–Kier alpha value is -2.30. The molecule has 0 aliphatic heterocycles. The van der Waals surface area contributed by atoms with E-state index in [1.54, 1.807) is 0 Å². The lowest BCUT2D eigenvalue weighted by Crippen LogP contribution is -2.22. The van der Waals surface area contributed by atoms with Gasteiger partial charge in [-0.1, -0.05) is 30.3 Å². The van der Waals surface area contributed by atoms with Gasteiger partial charge in [-0.05, 0) is 18.9 Å². The maximum atomic E-state index is 11.6. The summed E-state index contributed by atoms with van der Waals surface area (Å²) in [6.45, 7) is 2.04. The van der Waals surface area contributed by atoms with Gasteiger partial charge in [0.15, 0.2) is 5.82 Å². The number of nitrogens with zero attached hydrogens (tertiary/aromatic N) is 1. The predicted molar refractivity (Wildman–Crippen MR) is 74.6 cm³/mol. The number of hydrogen-bond donors (Lipinski definition) is 2. The number of benzene rings is 1. The molecule has 5 heteroatoms. The molecule has 0 saturated carbocycles. The van der Waals surface area contributed by atoms with Crippen molar-refractivity contribution in [2.75, 3.05) is 12.4 Å². The van der Waals surface area contributed by atoms with Crippen molar-refractivity contribution in [3.8, 4) is 5.75 Å². The molecule has 1 aromatic heterocycles. The number of nitrogens with one attached hydrogen (secondary N) is 2. The van der Waals surface area contributed by atoms with Crippen molar-refractivity contribution in [2.24, 2.45) is 0 Å². The van der Waals surface area contributed by atoms with Crippen LogP contribution in [0.4, 0.5) is 5.82 Å². The predicted octanol–water partition coefficient (Wildman–Crippen LogP) is 1.82. The quantitative estimate of drug-likeness (QED) is 0.859. The summed E-state index contributed by atoms with van der Waals surface area (Å²) < 4.78 is 5.06. The fraction of sp³-hybridized carbons (Fsp3) is 0.286. The molecule has 2 N–H and O–H groups in total. The van der Waals surface area contributed by atoms with Gasteiger partial charge >= 0.3 is 0 Å². The highest BCUT2D eigenvalue weighted by atomic mass is 16.5. The molecule has 0 amide bonds. The van der Waals surface area contributed by atoms with E-state index < -0.39 is 0 Å². The second-order valence-electron chi connectivity index (χ2n) is 4.35. The van der Waals surface area contributed by atoms with Gasteiger partial charge in [0.2, 0.25) is 5.75 Å². The summed E-state index contributed by atoms with van der Waals surface area (Å²) in [6, 6.07) is 10.3. The SMILES string of the molecule is COc1c(NC(C)Cc2ccccc2)nc[nH]c1=O. The Labute approximate surface area is 111 Å². The first kappa shape index (κ1) is 13.1. The van der Waals surface area contributed by atoms with Crippen LogP contribution in [0, 0.1) is 0 Å². The summed E-state index contributed by atoms with van der Waals surface area (Å²) in [6.07, 6.45) is 2.21. The van der Waals surface area contributed by atoms with Crippen LogP contribution in [0.1, 0.15) is 12.5 Å². The molecule has 2 aromatic rings. The molecule has 0 spiro atoms. The van der Waals surface area contributed by atoms with Gasteiger partial charge in [0.1, 0.15) is 0 Å². The molecule has 100 valence electrons. The fourth-order valence-corrected chi connectivity index (χ4v) is 1.93. The van der Waals surface area contributed by atoms with Crippen molar-refractivity contribution >= 4 is 5.82 Å². The summed E-state index contributed by atoms with van der Waals surface area (Å²) in [5.74, 6) is 0.678. The van der Waals surface area contributed by atoms with E-state index in [2.05, 4.69) is 27.4 Å². The molecule has 0 bridgehead atoms. The minimum Gasteiger partial charge on any atom is -0.489 e. The first-order valence-corrected chi connectivity index (χ1v) is 6.13. The third-order valence-electron chi connectivity index (χ3n) is 2.78. The first-order chi connectivity index (χ1) is 9.20. The molecule has 0 radical (unpaired) electrons. The van der Waals surface area contributed by atoms with E-state index in [9.17, 15) is 4.79 Å². The average Bonchev–Trinajstić information content (AvgIpc) is 2.40. The third-order valence-corrected chi connectivity index (χ3v) is 2.78. The van der Waals surface area contributed by atoms with Crippen LogP contribution in [0.15, 0.2) is 41.5 Å². The monoisotopic (exact) mass is 259 g/mol. The molecule has 0 aliphatic rings. The van der Waals surface area contributed by atoms with Crippen LogP contribution in [-0.2, 0) is 6.42 Å². The van der Waals surface area contributed by atoms with Crippen LogP contribution in [0.2, 0.25) is 0 Å². The summed E-state index contributed by atoms with van der Waals surface area (Å²) in [5, 5.41) is 3.19. The molecule has 1 heterocycles. The van der Waals surface area contributed by atoms with Crippen molar-refractivity contribution in [3.63, 3.8) is 0 Å². The smallest absolute Gasteiger partial charge is 0.295 e. The van der Waals surface area contributed by atoms with E-state index in [0.717, 1.165) is 6.42 Å². The highest BCUT2D eigenvalue weighted by Gasteiger charge is 2.11. The molecule has 0 saturated heterocycles. The van der Waals surface area contributed by atoms with Gasteiger partial charge in [-0.3, -0.25) is 4.79 Å². The Balaban J connectivity index is 2.09. The number of aromatic amines is 1. The number of rotatable bonds is 5. The molecule has 5 nitrogen and oxygen atoms in total. The second kappa shape index (κ2) is 6.04. The van der Waals surface area contributed by atoms with Crippen LogP contribution in [0.3, 0.4) is 0 Å². The Morgan fingerprint density at radius 1 is 1.37 bits per heavy atom. The van der Waals surface area contributed by atoms with E-state index in [0.29, 0.717) is 5.82 Å². The zero-order valence-corrected chi connectivity index (χ0v) is 11.0. The molecule has 1 atom stereocenters. The summed E-state index contributed by atoms with van der Waals surface area (Å²) >= 11 is 0. The van der Waals surface area contributed by atoms with Crippen LogP contribution >= 0.6 is 0 Å². The lowest BCUT2D eigenvalue weighted by atomic mass is 10.1. The van der Waals surface area contributed by atoms with Gasteiger partial charge in [0.05, 0.1) is 13.4 Å². The summed E-state index contributed by atoms with van der Waals surface area (Å²) in [7, 11) is 1.46. The standard InChI is InChI=1S/C14H17N3O2/c1-10(8-11-6-4-3-5-7-11)17-13-12(19-2)14(18)16-9-15-13/h3-7,9-10H,8H2,1-2H3,(H2,15,16,17,18). The fourth-order valence-electron chi connectivity index (χ4n) is 1.93. The first-order valence-electron chi connectivity index (χ1n) is 6.13. The van der Waals surface area contributed by atoms with Gasteiger partial charge in [0, 0.05) is 6.04 Å². The van der Waals surface area contributed by atoms with E-state index in [-0.39, 0.29) is 17.4 Å². The Morgan fingerprint density at radius 2 is 2.11 bits per heavy atom. The van der Waals surface area contributed by atoms with Crippen LogP contribution in [0.5, 0.6) is 5.75 Å². The van der Waals surface area contributed by atoms with E-state index >= 15 is 0 Å². The zero-order chi connectivity index (χ0) is 13.7. The van der Waals surface area contributed by atoms with Crippen LogP contribution < -0.4 is 15.6 Å². The normalized spacial score (nSPS) is 11.9. The van der Waals surface area contributed by atoms with Crippen LogP contribution in [0.25, 0.3) is 0 Å². The number of ether oxygens (including phenoxy) is 1. The molecule has 0 aliphatic carbocycles. The average molecular weight is 259 g/mol. The number of hydrogen-bond acceptors (Lipinski definition) is 4. The van der Waals surface area contributed by atoms with Crippen molar-refractivity contribution in [1.29, 1.82) is 0 Å². The number of H-pyrrole nitrogens is 1. The van der Waals surface area contributed by atoms with Gasteiger partial charge in [0.25, 0.3) is 5.56 Å². The molecule has 1 unspecified atom stereocenters. The lowest BCUT2D eigenvalue weighted by Gasteiger charge is -2.15.